The molecule has 0 saturated carbocycles. The molecule has 2 heterocycles. The lowest BCUT2D eigenvalue weighted by molar-refractivity contribution is -0.130. The standard InChI is InChI=1S/C14H15F2N3O2/c15-10-6-11(16)12(17)5-9(10)14(21)18-3-4-19-8(7-18)1-2-13(19)20/h5-6,8H,1-4,7,17H2. The summed E-state index contributed by atoms with van der Waals surface area (Å²) < 4.78 is 26.9. The highest BCUT2D eigenvalue weighted by molar-refractivity contribution is 5.95. The Balaban J connectivity index is 1.80. The van der Waals surface area contributed by atoms with E-state index in [9.17, 15) is 18.4 Å². The van der Waals surface area contributed by atoms with Crippen LogP contribution < -0.4 is 5.73 Å². The van der Waals surface area contributed by atoms with E-state index in [1.54, 1.807) is 4.90 Å². The molecule has 2 aliphatic heterocycles. The predicted octanol–water partition coefficient (Wildman–Crippen LogP) is 0.994. The fourth-order valence-electron chi connectivity index (χ4n) is 2.95. The number of amides is 2. The first-order chi connectivity index (χ1) is 9.97. The van der Waals surface area contributed by atoms with Gasteiger partial charge >= 0.3 is 0 Å². The van der Waals surface area contributed by atoms with Crippen molar-refractivity contribution in [3.05, 3.63) is 29.3 Å². The molecule has 2 saturated heterocycles. The first-order valence-electron chi connectivity index (χ1n) is 6.80. The van der Waals surface area contributed by atoms with Gasteiger partial charge in [0.25, 0.3) is 5.91 Å². The van der Waals surface area contributed by atoms with Gasteiger partial charge in [-0.2, -0.15) is 0 Å². The first-order valence-corrected chi connectivity index (χ1v) is 6.80. The Morgan fingerprint density at radius 2 is 2.00 bits per heavy atom. The molecule has 2 amide bonds. The molecule has 1 aromatic rings. The molecular formula is C14H15F2N3O2. The van der Waals surface area contributed by atoms with Gasteiger partial charge in [-0.05, 0) is 12.5 Å². The third kappa shape index (κ3) is 2.32. The zero-order chi connectivity index (χ0) is 15.1. The summed E-state index contributed by atoms with van der Waals surface area (Å²) in [5, 5.41) is 0. The lowest BCUT2D eigenvalue weighted by Crippen LogP contribution is -2.53. The molecule has 0 radical (unpaired) electrons. The lowest BCUT2D eigenvalue weighted by atomic mass is 10.1. The number of benzene rings is 1. The molecular weight excluding hydrogens is 280 g/mol. The van der Waals surface area contributed by atoms with Crippen molar-refractivity contribution in [2.24, 2.45) is 0 Å². The minimum atomic E-state index is -0.920. The maximum absolute atomic E-state index is 13.8. The molecule has 3 rings (SSSR count). The van der Waals surface area contributed by atoms with E-state index in [0.717, 1.165) is 6.07 Å². The molecule has 1 atom stereocenters. The van der Waals surface area contributed by atoms with E-state index in [2.05, 4.69) is 0 Å². The normalized spacial score (nSPS) is 21.6. The molecule has 0 aromatic heterocycles. The summed E-state index contributed by atoms with van der Waals surface area (Å²) >= 11 is 0. The third-order valence-electron chi connectivity index (χ3n) is 4.10. The van der Waals surface area contributed by atoms with E-state index < -0.39 is 17.5 Å². The van der Waals surface area contributed by atoms with E-state index in [0.29, 0.717) is 38.5 Å². The molecule has 21 heavy (non-hydrogen) atoms. The highest BCUT2D eigenvalue weighted by atomic mass is 19.1. The van der Waals surface area contributed by atoms with Crippen LogP contribution in [0.3, 0.4) is 0 Å². The van der Waals surface area contributed by atoms with Crippen molar-refractivity contribution in [1.29, 1.82) is 0 Å². The molecule has 2 aliphatic rings. The number of hydrogen-bond donors (Lipinski definition) is 1. The number of carbonyl (C=O) groups is 2. The molecule has 2 fully saturated rings. The van der Waals surface area contributed by atoms with Crippen LogP contribution in [0, 0.1) is 11.6 Å². The van der Waals surface area contributed by atoms with Gasteiger partial charge in [0.15, 0.2) is 0 Å². The summed E-state index contributed by atoms with van der Waals surface area (Å²) in [6, 6.07) is 1.65. The van der Waals surface area contributed by atoms with Gasteiger partial charge in [0.1, 0.15) is 11.6 Å². The van der Waals surface area contributed by atoms with E-state index in [-0.39, 0.29) is 23.2 Å². The second-order valence-electron chi connectivity index (χ2n) is 5.38. The molecule has 2 N–H and O–H groups in total. The minimum absolute atomic E-state index is 0.00365. The number of nitrogens with zero attached hydrogens (tertiary/aromatic N) is 2. The number of hydrogen-bond acceptors (Lipinski definition) is 3. The second-order valence-corrected chi connectivity index (χ2v) is 5.38. The molecule has 0 bridgehead atoms. The fraction of sp³-hybridized carbons (Fsp3) is 0.429. The summed E-state index contributed by atoms with van der Waals surface area (Å²) in [4.78, 5) is 27.2. The Kier molecular flexibility index (Phi) is 3.27. The van der Waals surface area contributed by atoms with Crippen LogP contribution in [-0.2, 0) is 4.79 Å². The Labute approximate surface area is 120 Å². The van der Waals surface area contributed by atoms with E-state index in [4.69, 9.17) is 5.73 Å². The second kappa shape index (κ2) is 4.98. The third-order valence-corrected chi connectivity index (χ3v) is 4.10. The summed E-state index contributed by atoms with van der Waals surface area (Å²) in [6.07, 6.45) is 1.20. The summed E-state index contributed by atoms with van der Waals surface area (Å²) in [6.45, 7) is 1.17. The monoisotopic (exact) mass is 295 g/mol. The number of rotatable bonds is 1. The van der Waals surface area contributed by atoms with Crippen molar-refractivity contribution in [3.63, 3.8) is 0 Å². The number of piperazine rings is 1. The van der Waals surface area contributed by atoms with Gasteiger partial charge in [-0.1, -0.05) is 0 Å². The zero-order valence-electron chi connectivity index (χ0n) is 11.3. The highest BCUT2D eigenvalue weighted by Crippen LogP contribution is 2.25. The number of nitrogens with two attached hydrogens (primary N) is 1. The van der Waals surface area contributed by atoms with Crippen molar-refractivity contribution in [2.45, 2.75) is 18.9 Å². The fourth-order valence-corrected chi connectivity index (χ4v) is 2.95. The van der Waals surface area contributed by atoms with Crippen LogP contribution in [0.4, 0.5) is 14.5 Å². The molecule has 0 spiro atoms. The zero-order valence-corrected chi connectivity index (χ0v) is 11.3. The van der Waals surface area contributed by atoms with Crippen LogP contribution in [0.1, 0.15) is 23.2 Å². The van der Waals surface area contributed by atoms with Gasteiger partial charge in [0.05, 0.1) is 11.3 Å². The smallest absolute Gasteiger partial charge is 0.257 e. The number of halogens is 2. The molecule has 1 aromatic carbocycles. The summed E-state index contributed by atoms with van der Waals surface area (Å²) in [5.74, 6) is -2.21. The molecule has 7 heteroatoms. The van der Waals surface area contributed by atoms with Crippen LogP contribution in [0.15, 0.2) is 12.1 Å². The van der Waals surface area contributed by atoms with E-state index in [1.165, 1.54) is 4.90 Å². The van der Waals surface area contributed by atoms with Crippen molar-refractivity contribution >= 4 is 17.5 Å². The maximum atomic E-state index is 13.8. The quantitative estimate of drug-likeness (QED) is 0.786. The van der Waals surface area contributed by atoms with Gasteiger partial charge in [-0.25, -0.2) is 8.78 Å². The summed E-state index contributed by atoms with van der Waals surface area (Å²) in [7, 11) is 0. The van der Waals surface area contributed by atoms with Crippen LogP contribution in [0.25, 0.3) is 0 Å². The van der Waals surface area contributed by atoms with Crippen LogP contribution in [0.5, 0.6) is 0 Å². The minimum Gasteiger partial charge on any atom is -0.396 e. The topological polar surface area (TPSA) is 66.6 Å². The van der Waals surface area contributed by atoms with Crippen LogP contribution in [-0.4, -0.2) is 47.3 Å². The Morgan fingerprint density at radius 3 is 2.76 bits per heavy atom. The Morgan fingerprint density at radius 1 is 1.24 bits per heavy atom. The van der Waals surface area contributed by atoms with Crippen LogP contribution >= 0.6 is 0 Å². The van der Waals surface area contributed by atoms with Crippen LogP contribution in [0.2, 0.25) is 0 Å². The SMILES string of the molecule is Nc1cc(C(=O)N2CCN3C(=O)CCC3C2)c(F)cc1F. The van der Waals surface area contributed by atoms with E-state index >= 15 is 0 Å². The largest absolute Gasteiger partial charge is 0.396 e. The number of carbonyl (C=O) groups excluding carboxylic acids is 2. The van der Waals surface area contributed by atoms with Gasteiger partial charge in [-0.15, -0.1) is 0 Å². The molecule has 112 valence electrons. The highest BCUT2D eigenvalue weighted by Gasteiger charge is 2.37. The maximum Gasteiger partial charge on any atom is 0.257 e. The van der Waals surface area contributed by atoms with Crippen molar-refractivity contribution in [2.75, 3.05) is 25.4 Å². The number of fused-ring (bicyclic) bond motifs is 1. The van der Waals surface area contributed by atoms with Gasteiger partial charge in [0.2, 0.25) is 5.91 Å². The van der Waals surface area contributed by atoms with E-state index in [1.807, 2.05) is 0 Å². The van der Waals surface area contributed by atoms with Gasteiger partial charge < -0.3 is 15.5 Å². The average molecular weight is 295 g/mol. The molecule has 0 aliphatic carbocycles. The van der Waals surface area contributed by atoms with Crippen molar-refractivity contribution in [1.82, 2.24) is 9.80 Å². The van der Waals surface area contributed by atoms with Crippen molar-refractivity contribution < 1.29 is 18.4 Å². The summed E-state index contributed by atoms with van der Waals surface area (Å²) in [5.41, 5.74) is 4.91. The first kappa shape index (κ1) is 13.8. The number of nitrogen functional groups attached to an aromatic ring is 1. The number of anilines is 1. The molecule has 1 unspecified atom stereocenters. The molecule has 5 nitrogen and oxygen atoms in total. The van der Waals surface area contributed by atoms with Crippen molar-refractivity contribution in [3.8, 4) is 0 Å². The Bertz CT molecular complexity index is 620. The van der Waals surface area contributed by atoms with Gasteiger partial charge in [0, 0.05) is 38.2 Å². The lowest BCUT2D eigenvalue weighted by Gasteiger charge is -2.37. The Hall–Kier alpha value is -2.18. The van der Waals surface area contributed by atoms with Gasteiger partial charge in [-0.3, -0.25) is 9.59 Å². The predicted molar refractivity (Wildman–Crippen MR) is 71.4 cm³/mol. The average Bonchev–Trinajstić information content (AvgIpc) is 2.83.